The van der Waals surface area contributed by atoms with Gasteiger partial charge in [0.05, 0.1) is 21.3 Å². The van der Waals surface area contributed by atoms with Gasteiger partial charge >= 0.3 is 51.4 Å². The summed E-state index contributed by atoms with van der Waals surface area (Å²) in [6, 6.07) is 16.5. The molecule has 2 aliphatic rings. The standard InChI is InChI=1S/C31H40N2O6S2.K/c1-30(2)24-14-5-7-16-26(24)32(20-9-11-22-40(34,35)36)28(30)18-13-19-29-31(3,4)25-15-6-8-17-27(25)33(29)21-10-12-23-41(37,38)39;/h5-8,13-19H,9-12,20-23H2,1-4H3,(H-,34,35,36,37,38,39);/q;+1. The zero-order chi connectivity index (χ0) is 30.1. The average Bonchev–Trinajstić information content (AvgIpc) is 3.23. The maximum absolute atomic E-state index is 11.2. The van der Waals surface area contributed by atoms with Crippen LogP contribution in [0.1, 0.15) is 64.5 Å². The van der Waals surface area contributed by atoms with Crippen molar-refractivity contribution in [1.29, 1.82) is 0 Å². The molecule has 222 valence electrons. The predicted octanol–water partition coefficient (Wildman–Crippen LogP) is 2.30. The first-order chi connectivity index (χ1) is 19.1. The van der Waals surface area contributed by atoms with Crippen LogP contribution in [0.3, 0.4) is 0 Å². The third-order valence-electron chi connectivity index (χ3n) is 8.17. The second-order valence-electron chi connectivity index (χ2n) is 11.8. The molecule has 0 fully saturated rings. The van der Waals surface area contributed by atoms with E-state index in [1.54, 1.807) is 0 Å². The second kappa shape index (κ2) is 13.9. The van der Waals surface area contributed by atoms with Gasteiger partial charge in [0.25, 0.3) is 10.1 Å². The first kappa shape index (κ1) is 35.3. The molecule has 4 rings (SSSR count). The molecule has 2 heterocycles. The van der Waals surface area contributed by atoms with Gasteiger partial charge in [-0.3, -0.25) is 4.55 Å². The van der Waals surface area contributed by atoms with E-state index < -0.39 is 20.2 Å². The van der Waals surface area contributed by atoms with Crippen molar-refractivity contribution in [3.8, 4) is 0 Å². The molecule has 0 saturated carbocycles. The van der Waals surface area contributed by atoms with Gasteiger partial charge in [0.1, 0.15) is 6.54 Å². The molecule has 2 aliphatic heterocycles. The third-order valence-corrected chi connectivity index (χ3v) is 9.76. The van der Waals surface area contributed by atoms with E-state index in [9.17, 15) is 21.4 Å². The summed E-state index contributed by atoms with van der Waals surface area (Å²) in [6.45, 7) is 9.95. The van der Waals surface area contributed by atoms with Crippen molar-refractivity contribution in [2.24, 2.45) is 0 Å². The summed E-state index contributed by atoms with van der Waals surface area (Å²) in [4.78, 5) is 2.23. The van der Waals surface area contributed by atoms with Crippen LogP contribution in [-0.4, -0.2) is 60.8 Å². The Labute approximate surface area is 293 Å². The van der Waals surface area contributed by atoms with Crippen LogP contribution in [0.5, 0.6) is 0 Å². The van der Waals surface area contributed by atoms with E-state index in [0.29, 0.717) is 38.8 Å². The van der Waals surface area contributed by atoms with Crippen LogP contribution >= 0.6 is 0 Å². The zero-order valence-corrected chi connectivity index (χ0v) is 30.0. The molecule has 42 heavy (non-hydrogen) atoms. The minimum absolute atomic E-state index is 0. The van der Waals surface area contributed by atoms with E-state index >= 15 is 0 Å². The summed E-state index contributed by atoms with van der Waals surface area (Å²) >= 11 is 0. The van der Waals surface area contributed by atoms with E-state index in [1.807, 2.05) is 24.3 Å². The van der Waals surface area contributed by atoms with Crippen LogP contribution in [0.25, 0.3) is 0 Å². The maximum atomic E-state index is 11.2. The van der Waals surface area contributed by atoms with Crippen molar-refractivity contribution in [2.75, 3.05) is 29.5 Å². The number of benzene rings is 2. The summed E-state index contributed by atoms with van der Waals surface area (Å²) in [6.07, 6.45) is 8.16. The van der Waals surface area contributed by atoms with Crippen molar-refractivity contribution in [1.82, 2.24) is 0 Å². The van der Waals surface area contributed by atoms with Crippen molar-refractivity contribution in [2.45, 2.75) is 64.2 Å². The number of hydrogen-bond acceptors (Lipinski definition) is 6. The Bertz CT molecular complexity index is 1610. The van der Waals surface area contributed by atoms with Gasteiger partial charge in [-0.25, -0.2) is 8.42 Å². The molecule has 0 atom stereocenters. The van der Waals surface area contributed by atoms with E-state index in [2.05, 4.69) is 79.7 Å². The van der Waals surface area contributed by atoms with Gasteiger partial charge in [-0.05, 0) is 50.8 Å². The number of rotatable bonds is 12. The van der Waals surface area contributed by atoms with Crippen molar-refractivity contribution < 1.29 is 81.9 Å². The van der Waals surface area contributed by atoms with Gasteiger partial charge in [0.15, 0.2) is 5.71 Å². The number of fused-ring (bicyclic) bond motifs is 2. The molecule has 2 aromatic carbocycles. The molecular formula is C31H40KN2O6S2+. The first-order valence-corrected chi connectivity index (χ1v) is 17.2. The monoisotopic (exact) mass is 639 g/mol. The van der Waals surface area contributed by atoms with E-state index in [-0.39, 0.29) is 73.7 Å². The molecular weight excluding hydrogens is 600 g/mol. The summed E-state index contributed by atoms with van der Waals surface area (Å²) in [5.74, 6) is -0.617. The Morgan fingerprint density at radius 3 is 2.14 bits per heavy atom. The van der Waals surface area contributed by atoms with Crippen molar-refractivity contribution in [3.63, 3.8) is 0 Å². The van der Waals surface area contributed by atoms with Gasteiger partial charge in [0, 0.05) is 53.2 Å². The Hall–Kier alpha value is -1.15. The van der Waals surface area contributed by atoms with Gasteiger partial charge in [-0.2, -0.15) is 13.0 Å². The predicted molar refractivity (Wildman–Crippen MR) is 163 cm³/mol. The van der Waals surface area contributed by atoms with Crippen LogP contribution in [0.4, 0.5) is 11.4 Å². The average molecular weight is 640 g/mol. The van der Waals surface area contributed by atoms with Gasteiger partial charge in [0.2, 0.25) is 5.69 Å². The Morgan fingerprint density at radius 1 is 0.857 bits per heavy atom. The largest absolute Gasteiger partial charge is 1.00 e. The number of allylic oxidation sites excluding steroid dienone is 4. The number of nitrogens with zero attached hydrogens (tertiary/aromatic N) is 2. The minimum Gasteiger partial charge on any atom is -0.748 e. The van der Waals surface area contributed by atoms with Crippen LogP contribution in [0, 0.1) is 0 Å². The maximum Gasteiger partial charge on any atom is 1.00 e. The molecule has 0 aromatic heterocycles. The van der Waals surface area contributed by atoms with Gasteiger partial charge < -0.3 is 9.45 Å². The van der Waals surface area contributed by atoms with Crippen LogP contribution in [0.15, 0.2) is 72.5 Å². The smallest absolute Gasteiger partial charge is 0.748 e. The third kappa shape index (κ3) is 8.11. The van der Waals surface area contributed by atoms with Crippen LogP contribution < -0.4 is 56.3 Å². The Morgan fingerprint density at radius 2 is 1.48 bits per heavy atom. The number of unbranched alkanes of at least 4 members (excludes halogenated alkanes) is 2. The van der Waals surface area contributed by atoms with Gasteiger partial charge in [-0.15, -0.1) is 0 Å². The Kier molecular flexibility index (Phi) is 11.7. The molecule has 0 spiro atoms. The van der Waals surface area contributed by atoms with Gasteiger partial charge in [-0.1, -0.05) is 56.3 Å². The summed E-state index contributed by atoms with van der Waals surface area (Å²) in [5.41, 5.74) is 6.22. The Balaban J connectivity index is 0.00000484. The molecule has 2 aromatic rings. The first-order valence-electron chi connectivity index (χ1n) is 14.0. The fraction of sp³-hybridized carbons (Fsp3) is 0.452. The quantitative estimate of drug-likeness (QED) is 0.164. The fourth-order valence-corrected chi connectivity index (χ4v) is 7.22. The molecule has 8 nitrogen and oxygen atoms in total. The molecule has 0 unspecified atom stereocenters. The molecule has 1 N–H and O–H groups in total. The molecule has 0 aliphatic carbocycles. The minimum atomic E-state index is -4.24. The molecule has 0 saturated heterocycles. The van der Waals surface area contributed by atoms with E-state index in [0.717, 1.165) is 22.8 Å². The normalized spacial score (nSPS) is 18.4. The summed E-state index contributed by atoms with van der Waals surface area (Å²) in [5, 5.41) is 0. The SMILES string of the molecule is CC1(C)C(/C=C/C=C2/N(CCCCS(=O)(=O)[O-])c3ccccc3C2(C)C)=[N+](CCCCS(=O)(=O)O)c2ccccc21.[K+]. The second-order valence-corrected chi connectivity index (χ2v) is 14.9. The zero-order valence-electron chi connectivity index (χ0n) is 25.2. The molecule has 0 amide bonds. The fourth-order valence-electron chi connectivity index (χ4n) is 6.10. The molecule has 0 radical (unpaired) electrons. The number of anilines is 1. The summed E-state index contributed by atoms with van der Waals surface area (Å²) < 4.78 is 67.2. The topological polar surface area (TPSA) is 118 Å². The van der Waals surface area contributed by atoms with Crippen molar-refractivity contribution >= 4 is 37.3 Å². The number of para-hydroxylation sites is 2. The van der Waals surface area contributed by atoms with E-state index in [1.165, 1.54) is 11.1 Å². The van der Waals surface area contributed by atoms with Crippen LogP contribution in [-0.2, 0) is 31.1 Å². The van der Waals surface area contributed by atoms with E-state index in [4.69, 9.17) is 4.55 Å². The molecule has 11 heteroatoms. The van der Waals surface area contributed by atoms with Crippen molar-refractivity contribution in [3.05, 3.63) is 83.6 Å². The molecule has 0 bridgehead atoms. The summed E-state index contributed by atoms with van der Waals surface area (Å²) in [7, 11) is -8.23. The van der Waals surface area contributed by atoms with Crippen LogP contribution in [0.2, 0.25) is 0 Å². The number of hydrogen-bond donors (Lipinski definition) is 1.